The minimum atomic E-state index is 0.132. The Labute approximate surface area is 70.1 Å². The summed E-state index contributed by atoms with van der Waals surface area (Å²) in [5.41, 5.74) is 0.132. The van der Waals surface area contributed by atoms with Crippen molar-refractivity contribution in [3.05, 3.63) is 0 Å². The lowest BCUT2D eigenvalue weighted by Gasteiger charge is -2.37. The monoisotopic (exact) mass is 156 g/mol. The van der Waals surface area contributed by atoms with Crippen LogP contribution in [0, 0.1) is 5.92 Å². The summed E-state index contributed by atoms with van der Waals surface area (Å²) < 4.78 is 5.94. The maximum absolute atomic E-state index is 5.94. The van der Waals surface area contributed by atoms with E-state index in [1.165, 1.54) is 19.3 Å². The molecule has 0 unspecified atom stereocenters. The summed E-state index contributed by atoms with van der Waals surface area (Å²) in [5.74, 6) is 0.676. The first kappa shape index (κ1) is 9.05. The van der Waals surface area contributed by atoms with E-state index in [4.69, 9.17) is 4.74 Å². The molecule has 1 heteroatoms. The van der Waals surface area contributed by atoms with Gasteiger partial charge in [0.25, 0.3) is 0 Å². The SMILES string of the molecule is CC(C)[C@H]1CCCC(C)(C)O1. The number of rotatable bonds is 1. The third-order valence-corrected chi connectivity index (χ3v) is 2.48. The molecule has 0 radical (unpaired) electrons. The molecule has 0 aromatic heterocycles. The molecule has 0 spiro atoms. The first-order valence-corrected chi connectivity index (χ1v) is 4.69. The van der Waals surface area contributed by atoms with Crippen molar-refractivity contribution in [2.24, 2.45) is 5.92 Å². The van der Waals surface area contributed by atoms with Crippen LogP contribution in [0.5, 0.6) is 0 Å². The predicted octanol–water partition coefficient (Wildman–Crippen LogP) is 2.99. The summed E-state index contributed by atoms with van der Waals surface area (Å²) in [4.78, 5) is 0. The highest BCUT2D eigenvalue weighted by molar-refractivity contribution is 4.79. The summed E-state index contributed by atoms with van der Waals surface area (Å²) in [6, 6.07) is 0. The van der Waals surface area contributed by atoms with Crippen LogP contribution in [0.3, 0.4) is 0 Å². The average molecular weight is 156 g/mol. The summed E-state index contributed by atoms with van der Waals surface area (Å²) in [6.07, 6.45) is 4.30. The highest BCUT2D eigenvalue weighted by Gasteiger charge is 2.29. The van der Waals surface area contributed by atoms with Crippen molar-refractivity contribution >= 4 is 0 Å². The van der Waals surface area contributed by atoms with Gasteiger partial charge in [0.15, 0.2) is 0 Å². The molecule has 0 bridgehead atoms. The van der Waals surface area contributed by atoms with Gasteiger partial charge in [0.05, 0.1) is 11.7 Å². The molecule has 11 heavy (non-hydrogen) atoms. The molecule has 1 atom stereocenters. The Morgan fingerprint density at radius 2 is 2.00 bits per heavy atom. The molecular formula is C10H20O. The van der Waals surface area contributed by atoms with Gasteiger partial charge in [-0.1, -0.05) is 13.8 Å². The van der Waals surface area contributed by atoms with Gasteiger partial charge < -0.3 is 4.74 Å². The van der Waals surface area contributed by atoms with Gasteiger partial charge in [-0.05, 0) is 39.0 Å². The number of ether oxygens (including phenoxy) is 1. The van der Waals surface area contributed by atoms with Crippen LogP contribution in [-0.2, 0) is 4.74 Å². The molecule has 1 rings (SSSR count). The Bertz CT molecular complexity index is 127. The molecule has 1 aliphatic heterocycles. The molecule has 0 amide bonds. The zero-order valence-corrected chi connectivity index (χ0v) is 8.18. The maximum atomic E-state index is 5.94. The molecule has 1 aliphatic rings. The smallest absolute Gasteiger partial charge is 0.0630 e. The summed E-state index contributed by atoms with van der Waals surface area (Å²) in [5, 5.41) is 0. The van der Waals surface area contributed by atoms with E-state index in [0.29, 0.717) is 12.0 Å². The number of hydrogen-bond acceptors (Lipinski definition) is 1. The Morgan fingerprint density at radius 3 is 2.36 bits per heavy atom. The van der Waals surface area contributed by atoms with E-state index in [2.05, 4.69) is 27.7 Å². The van der Waals surface area contributed by atoms with Crippen LogP contribution in [0.4, 0.5) is 0 Å². The first-order valence-electron chi connectivity index (χ1n) is 4.69. The maximum Gasteiger partial charge on any atom is 0.0630 e. The van der Waals surface area contributed by atoms with E-state index >= 15 is 0 Å². The molecule has 66 valence electrons. The topological polar surface area (TPSA) is 9.23 Å². The van der Waals surface area contributed by atoms with Crippen LogP contribution >= 0.6 is 0 Å². The zero-order chi connectivity index (χ0) is 8.48. The van der Waals surface area contributed by atoms with E-state index in [-0.39, 0.29) is 5.60 Å². The normalized spacial score (nSPS) is 30.8. The molecule has 0 N–H and O–H groups in total. The fourth-order valence-electron chi connectivity index (χ4n) is 1.73. The van der Waals surface area contributed by atoms with Crippen LogP contribution in [0.1, 0.15) is 47.0 Å². The second kappa shape index (κ2) is 3.14. The van der Waals surface area contributed by atoms with Crippen molar-refractivity contribution < 1.29 is 4.74 Å². The lowest BCUT2D eigenvalue weighted by atomic mass is 9.91. The van der Waals surface area contributed by atoms with Gasteiger partial charge in [-0.3, -0.25) is 0 Å². The van der Waals surface area contributed by atoms with E-state index < -0.39 is 0 Å². The summed E-state index contributed by atoms with van der Waals surface area (Å²) in [7, 11) is 0. The molecule has 1 fully saturated rings. The van der Waals surface area contributed by atoms with E-state index in [0.717, 1.165) is 0 Å². The minimum Gasteiger partial charge on any atom is -0.372 e. The van der Waals surface area contributed by atoms with Crippen molar-refractivity contribution in [2.75, 3.05) is 0 Å². The molecular weight excluding hydrogens is 136 g/mol. The van der Waals surface area contributed by atoms with Gasteiger partial charge in [0, 0.05) is 0 Å². The van der Waals surface area contributed by atoms with Gasteiger partial charge in [-0.25, -0.2) is 0 Å². The van der Waals surface area contributed by atoms with Crippen LogP contribution in [0.25, 0.3) is 0 Å². The largest absolute Gasteiger partial charge is 0.372 e. The third-order valence-electron chi connectivity index (χ3n) is 2.48. The summed E-state index contributed by atoms with van der Waals surface area (Å²) in [6.45, 7) is 8.88. The zero-order valence-electron chi connectivity index (χ0n) is 8.18. The van der Waals surface area contributed by atoms with Crippen molar-refractivity contribution in [2.45, 2.75) is 58.7 Å². The second-order valence-corrected chi connectivity index (χ2v) is 4.55. The quantitative estimate of drug-likeness (QED) is 0.567. The molecule has 1 saturated heterocycles. The average Bonchev–Trinajstić information content (AvgIpc) is 1.85. The van der Waals surface area contributed by atoms with E-state index in [1.54, 1.807) is 0 Å². The van der Waals surface area contributed by atoms with Gasteiger partial charge in [0.2, 0.25) is 0 Å². The van der Waals surface area contributed by atoms with Gasteiger partial charge >= 0.3 is 0 Å². The van der Waals surface area contributed by atoms with Crippen molar-refractivity contribution in [3.8, 4) is 0 Å². The molecule has 0 aliphatic carbocycles. The van der Waals surface area contributed by atoms with Crippen LogP contribution < -0.4 is 0 Å². The minimum absolute atomic E-state index is 0.132. The van der Waals surface area contributed by atoms with Gasteiger partial charge in [-0.2, -0.15) is 0 Å². The molecule has 1 heterocycles. The standard InChI is InChI=1S/C10H20O/c1-8(2)9-6-5-7-10(3,4)11-9/h8-9H,5-7H2,1-4H3/t9-/m1/s1. The third kappa shape index (κ3) is 2.48. The highest BCUT2D eigenvalue weighted by Crippen LogP contribution is 2.30. The lowest BCUT2D eigenvalue weighted by Crippen LogP contribution is -2.37. The van der Waals surface area contributed by atoms with Crippen LogP contribution in [0.2, 0.25) is 0 Å². The molecule has 0 aromatic carbocycles. The summed E-state index contributed by atoms with van der Waals surface area (Å²) >= 11 is 0. The Kier molecular flexibility index (Phi) is 2.58. The van der Waals surface area contributed by atoms with Gasteiger partial charge in [0.1, 0.15) is 0 Å². The highest BCUT2D eigenvalue weighted by atomic mass is 16.5. The molecule has 0 aromatic rings. The Morgan fingerprint density at radius 1 is 1.36 bits per heavy atom. The first-order chi connectivity index (χ1) is 5.01. The van der Waals surface area contributed by atoms with E-state index in [9.17, 15) is 0 Å². The van der Waals surface area contributed by atoms with Crippen LogP contribution in [-0.4, -0.2) is 11.7 Å². The fourth-order valence-corrected chi connectivity index (χ4v) is 1.73. The van der Waals surface area contributed by atoms with Gasteiger partial charge in [-0.15, -0.1) is 0 Å². The Hall–Kier alpha value is -0.0400. The van der Waals surface area contributed by atoms with Crippen molar-refractivity contribution in [3.63, 3.8) is 0 Å². The lowest BCUT2D eigenvalue weighted by molar-refractivity contribution is -0.123. The Balaban J connectivity index is 2.46. The second-order valence-electron chi connectivity index (χ2n) is 4.55. The van der Waals surface area contributed by atoms with E-state index in [1.807, 2.05) is 0 Å². The molecule has 1 nitrogen and oxygen atoms in total. The molecule has 0 saturated carbocycles. The number of hydrogen-bond donors (Lipinski definition) is 0. The van der Waals surface area contributed by atoms with Crippen molar-refractivity contribution in [1.82, 2.24) is 0 Å². The predicted molar refractivity (Wildman–Crippen MR) is 47.6 cm³/mol. The van der Waals surface area contributed by atoms with Crippen LogP contribution in [0.15, 0.2) is 0 Å². The van der Waals surface area contributed by atoms with Crippen molar-refractivity contribution in [1.29, 1.82) is 0 Å². The fraction of sp³-hybridized carbons (Fsp3) is 1.00.